The second-order valence-corrected chi connectivity index (χ2v) is 12.0. The summed E-state index contributed by atoms with van der Waals surface area (Å²) in [5, 5.41) is 10.4. The molecular formula is C27H51N3O2. The molecule has 4 fully saturated rings. The number of ketones is 1. The molecule has 0 spiro atoms. The van der Waals surface area contributed by atoms with Crippen LogP contribution in [0.2, 0.25) is 0 Å². The van der Waals surface area contributed by atoms with Crippen LogP contribution in [0.3, 0.4) is 0 Å². The molecule has 7 N–H and O–H groups in total. The Balaban J connectivity index is 0.00000141. The van der Waals surface area contributed by atoms with Crippen LogP contribution < -0.4 is 17.2 Å². The van der Waals surface area contributed by atoms with Gasteiger partial charge in [0, 0.05) is 11.5 Å². The predicted molar refractivity (Wildman–Crippen MR) is 132 cm³/mol. The zero-order valence-corrected chi connectivity index (χ0v) is 21.6. The molecule has 0 heterocycles. The van der Waals surface area contributed by atoms with E-state index in [4.69, 9.17) is 17.2 Å². The largest absolute Gasteiger partial charge is 0.393 e. The first-order chi connectivity index (χ1) is 15.0. The first-order valence-corrected chi connectivity index (χ1v) is 13.5. The Morgan fingerprint density at radius 2 is 1.69 bits per heavy atom. The molecule has 5 nitrogen and oxygen atoms in total. The lowest BCUT2D eigenvalue weighted by Crippen LogP contribution is -2.76. The van der Waals surface area contributed by atoms with Crippen LogP contribution in [-0.4, -0.2) is 34.6 Å². The molecular weight excluding hydrogens is 398 g/mol. The van der Waals surface area contributed by atoms with E-state index in [9.17, 15) is 9.90 Å². The van der Waals surface area contributed by atoms with Crippen molar-refractivity contribution in [3.63, 3.8) is 0 Å². The maximum Gasteiger partial charge on any atom is 0.156 e. The van der Waals surface area contributed by atoms with Gasteiger partial charge in [0.25, 0.3) is 0 Å². The highest BCUT2D eigenvalue weighted by Crippen LogP contribution is 2.69. The lowest BCUT2D eigenvalue weighted by atomic mass is 9.38. The molecule has 4 aliphatic rings. The second kappa shape index (κ2) is 8.94. The van der Waals surface area contributed by atoms with Crippen LogP contribution in [0, 0.1) is 40.4 Å². The van der Waals surface area contributed by atoms with Crippen molar-refractivity contribution in [3.8, 4) is 0 Å². The summed E-state index contributed by atoms with van der Waals surface area (Å²) < 4.78 is 0. The zero-order valence-electron chi connectivity index (χ0n) is 21.6. The topological polar surface area (TPSA) is 115 Å². The summed E-state index contributed by atoms with van der Waals surface area (Å²) in [5.41, 5.74) is 19.3. The first-order valence-electron chi connectivity index (χ1n) is 13.5. The van der Waals surface area contributed by atoms with Crippen molar-refractivity contribution in [1.82, 2.24) is 0 Å². The molecule has 7 unspecified atom stereocenters. The highest BCUT2D eigenvalue weighted by atomic mass is 16.3. The zero-order chi connectivity index (χ0) is 24.1. The third-order valence-corrected chi connectivity index (χ3v) is 11.1. The first kappa shape index (κ1) is 26.1. The minimum absolute atomic E-state index is 0.0343. The Labute approximate surface area is 196 Å². The fraction of sp³-hybridized carbons (Fsp3) is 0.963. The highest BCUT2D eigenvalue weighted by molar-refractivity contribution is 5.93. The van der Waals surface area contributed by atoms with Crippen LogP contribution in [-0.2, 0) is 4.79 Å². The van der Waals surface area contributed by atoms with E-state index in [1.807, 2.05) is 13.8 Å². The number of carbonyl (C=O) groups is 1. The molecule has 4 aliphatic carbocycles. The number of hydrogen-bond acceptors (Lipinski definition) is 5. The quantitative estimate of drug-likeness (QED) is 0.518. The minimum Gasteiger partial charge on any atom is -0.393 e. The molecule has 10 atom stereocenters. The fourth-order valence-electron chi connectivity index (χ4n) is 9.32. The van der Waals surface area contributed by atoms with Crippen molar-refractivity contribution >= 4 is 5.78 Å². The van der Waals surface area contributed by atoms with Crippen LogP contribution in [0.15, 0.2) is 0 Å². The van der Waals surface area contributed by atoms with Crippen LogP contribution in [0.4, 0.5) is 0 Å². The van der Waals surface area contributed by atoms with Gasteiger partial charge in [-0.05, 0) is 98.8 Å². The van der Waals surface area contributed by atoms with E-state index in [1.165, 1.54) is 0 Å². The third-order valence-electron chi connectivity index (χ3n) is 11.1. The number of hydrogen-bond donors (Lipinski definition) is 4. The van der Waals surface area contributed by atoms with E-state index in [-0.39, 0.29) is 51.9 Å². The third kappa shape index (κ3) is 3.28. The summed E-state index contributed by atoms with van der Waals surface area (Å²) in [6.45, 7) is 13.7. The Morgan fingerprint density at radius 3 is 2.28 bits per heavy atom. The molecule has 0 aromatic carbocycles. The Kier molecular flexibility index (Phi) is 7.30. The summed E-state index contributed by atoms with van der Waals surface area (Å²) in [7, 11) is 0. The van der Waals surface area contributed by atoms with Crippen molar-refractivity contribution in [2.24, 2.45) is 57.6 Å². The van der Waals surface area contributed by atoms with Gasteiger partial charge in [0.15, 0.2) is 5.78 Å². The van der Waals surface area contributed by atoms with Crippen LogP contribution in [0.5, 0.6) is 0 Å². The van der Waals surface area contributed by atoms with Gasteiger partial charge in [-0.15, -0.1) is 0 Å². The standard InChI is InChI=1S/C25H45N3O2.C2H6/c1-5-17-18-14-16(29)6-10-22(18,3)19-7-11-23(4)20(25(19,28)21(17)30)8-12-24(23,27)15(2)9-13-26;1-2/h15-20,29H,5-14,26-28H2,1-4H3;1-2H3/t15-,16-,17?,18?,19?,20?,22?,23?,24+,25?;/m1./s1. The van der Waals surface area contributed by atoms with Gasteiger partial charge >= 0.3 is 0 Å². The number of fused-ring (bicyclic) bond motifs is 5. The van der Waals surface area contributed by atoms with Crippen molar-refractivity contribution in [3.05, 3.63) is 0 Å². The number of carbonyl (C=O) groups excluding carboxylic acids is 1. The van der Waals surface area contributed by atoms with Gasteiger partial charge in [-0.2, -0.15) is 0 Å². The van der Waals surface area contributed by atoms with Crippen molar-refractivity contribution < 1.29 is 9.90 Å². The van der Waals surface area contributed by atoms with Gasteiger partial charge in [-0.3, -0.25) is 4.79 Å². The monoisotopic (exact) mass is 449 g/mol. The van der Waals surface area contributed by atoms with Crippen LogP contribution in [0.25, 0.3) is 0 Å². The molecule has 0 bridgehead atoms. The number of aliphatic hydroxyl groups excluding tert-OH is 1. The fourth-order valence-corrected chi connectivity index (χ4v) is 9.32. The Morgan fingerprint density at radius 1 is 1.06 bits per heavy atom. The van der Waals surface area contributed by atoms with Crippen LogP contribution in [0.1, 0.15) is 99.3 Å². The number of aliphatic hydroxyl groups is 1. The maximum absolute atomic E-state index is 14.1. The van der Waals surface area contributed by atoms with Gasteiger partial charge in [-0.25, -0.2) is 0 Å². The molecule has 5 heteroatoms. The summed E-state index contributed by atoms with van der Waals surface area (Å²) >= 11 is 0. The van der Waals surface area contributed by atoms with E-state index in [1.54, 1.807) is 0 Å². The average molecular weight is 450 g/mol. The normalized spacial score (nSPS) is 51.1. The van der Waals surface area contributed by atoms with Gasteiger partial charge in [-0.1, -0.05) is 41.5 Å². The number of rotatable bonds is 4. The van der Waals surface area contributed by atoms with Gasteiger partial charge in [0.2, 0.25) is 0 Å². The molecule has 0 saturated heterocycles. The van der Waals surface area contributed by atoms with E-state index in [2.05, 4.69) is 27.7 Å². The SMILES string of the molecule is CC.CCC1C(=O)C2(N)C(CCC3(C)C2CC[C@]3(N)[C@H](C)CCN)C2(C)CC[C@@H](O)CC12. The van der Waals surface area contributed by atoms with Gasteiger partial charge < -0.3 is 22.3 Å². The summed E-state index contributed by atoms with van der Waals surface area (Å²) in [6.07, 6.45) is 7.93. The maximum atomic E-state index is 14.1. The molecule has 0 aromatic rings. The molecule has 4 saturated carbocycles. The van der Waals surface area contributed by atoms with E-state index in [0.717, 1.165) is 57.8 Å². The van der Waals surface area contributed by atoms with Crippen LogP contribution >= 0.6 is 0 Å². The smallest absolute Gasteiger partial charge is 0.156 e. The van der Waals surface area contributed by atoms with E-state index < -0.39 is 5.54 Å². The van der Waals surface area contributed by atoms with Crippen molar-refractivity contribution in [2.45, 2.75) is 117 Å². The van der Waals surface area contributed by atoms with E-state index >= 15 is 0 Å². The predicted octanol–water partition coefficient (Wildman–Crippen LogP) is 4.00. The average Bonchev–Trinajstić information content (AvgIpc) is 3.05. The molecule has 4 rings (SSSR count). The molecule has 0 aliphatic heterocycles. The van der Waals surface area contributed by atoms with Gasteiger partial charge in [0.05, 0.1) is 11.6 Å². The highest BCUT2D eigenvalue weighted by Gasteiger charge is 2.73. The molecule has 0 radical (unpaired) electrons. The van der Waals surface area contributed by atoms with Gasteiger partial charge in [0.1, 0.15) is 0 Å². The summed E-state index contributed by atoms with van der Waals surface area (Å²) in [5.74, 6) is 1.15. The second-order valence-electron chi connectivity index (χ2n) is 12.0. The van der Waals surface area contributed by atoms with Crippen molar-refractivity contribution in [2.75, 3.05) is 6.54 Å². The van der Waals surface area contributed by atoms with E-state index in [0.29, 0.717) is 12.5 Å². The number of nitrogens with two attached hydrogens (primary N) is 3. The number of Topliss-reactive ketones (excluding diaryl/α,β-unsaturated/α-hetero) is 1. The van der Waals surface area contributed by atoms with Crippen molar-refractivity contribution in [1.29, 1.82) is 0 Å². The molecule has 32 heavy (non-hydrogen) atoms. The molecule has 0 amide bonds. The minimum atomic E-state index is -0.787. The Hall–Kier alpha value is -0.490. The molecule has 186 valence electrons. The summed E-state index contributed by atoms with van der Waals surface area (Å²) in [6, 6.07) is 0. The Bertz CT molecular complexity index is 700. The summed E-state index contributed by atoms with van der Waals surface area (Å²) in [4.78, 5) is 14.1. The lowest BCUT2D eigenvalue weighted by molar-refractivity contribution is -0.180. The molecule has 0 aromatic heterocycles. The lowest BCUT2D eigenvalue weighted by Gasteiger charge is -2.67.